The first-order chi connectivity index (χ1) is 15.6. The van der Waals surface area contributed by atoms with Gasteiger partial charge in [-0.3, -0.25) is 14.6 Å². The molecule has 3 N–H and O–H groups in total. The van der Waals surface area contributed by atoms with E-state index in [4.69, 9.17) is 10.5 Å². The lowest BCUT2D eigenvalue weighted by Gasteiger charge is -2.16. The molecule has 1 atom stereocenters. The van der Waals surface area contributed by atoms with Crippen LogP contribution in [0.1, 0.15) is 21.5 Å². The fourth-order valence-electron chi connectivity index (χ4n) is 3.45. The average molecular weight is 425 g/mol. The molecule has 0 aliphatic carbocycles. The van der Waals surface area contributed by atoms with Gasteiger partial charge in [0.05, 0.1) is 11.1 Å². The number of para-hydroxylation sites is 1. The predicted octanol–water partition coefficient (Wildman–Crippen LogP) is 3.64. The molecule has 0 unspecified atom stereocenters. The predicted molar refractivity (Wildman–Crippen MR) is 123 cm³/mol. The molecule has 0 saturated heterocycles. The number of pyridine rings is 1. The molecule has 160 valence electrons. The summed E-state index contributed by atoms with van der Waals surface area (Å²) in [5, 5.41) is 3.48. The van der Waals surface area contributed by atoms with Crippen molar-refractivity contribution in [2.75, 3.05) is 0 Å². The van der Waals surface area contributed by atoms with Gasteiger partial charge in [-0.2, -0.15) is 0 Å². The van der Waals surface area contributed by atoms with E-state index in [9.17, 15) is 9.59 Å². The van der Waals surface area contributed by atoms with Crippen LogP contribution in [0.3, 0.4) is 0 Å². The molecule has 6 nitrogen and oxygen atoms in total. The fraction of sp³-hybridized carbons (Fsp3) is 0.115. The number of fused-ring (bicyclic) bond motifs is 1. The van der Waals surface area contributed by atoms with E-state index in [1.165, 1.54) is 0 Å². The SMILES string of the molecule is NC(=O)[C@H](Cc1ccc(OCc2ccccc2)cc1)NC(=O)c1ccnc2ccccc12. The van der Waals surface area contributed by atoms with E-state index in [0.29, 0.717) is 17.7 Å². The number of benzene rings is 3. The number of nitrogens with two attached hydrogens (primary N) is 1. The minimum atomic E-state index is -0.842. The molecule has 0 aliphatic rings. The topological polar surface area (TPSA) is 94.3 Å². The molecule has 0 spiro atoms. The zero-order chi connectivity index (χ0) is 22.3. The van der Waals surface area contributed by atoms with E-state index >= 15 is 0 Å². The summed E-state index contributed by atoms with van der Waals surface area (Å²) in [4.78, 5) is 29.2. The molecule has 0 fully saturated rings. The maximum absolute atomic E-state index is 12.9. The largest absolute Gasteiger partial charge is 0.489 e. The van der Waals surface area contributed by atoms with Crippen LogP contribution in [0.15, 0.2) is 91.1 Å². The second-order valence-corrected chi connectivity index (χ2v) is 7.43. The Balaban J connectivity index is 1.42. The van der Waals surface area contributed by atoms with Crippen molar-refractivity contribution in [2.45, 2.75) is 19.1 Å². The number of nitrogens with zero attached hydrogens (tertiary/aromatic N) is 1. The molecule has 6 heteroatoms. The molecule has 1 aromatic heterocycles. The highest BCUT2D eigenvalue weighted by Crippen LogP contribution is 2.18. The standard InChI is InChI=1S/C26H23N3O3/c27-25(30)24(29-26(31)22-14-15-28-23-9-5-4-8-21(22)23)16-18-10-12-20(13-11-18)32-17-19-6-2-1-3-7-19/h1-15,24H,16-17H2,(H2,27,30)(H,29,31)/t24-/m0/s1. The highest BCUT2D eigenvalue weighted by molar-refractivity contribution is 6.07. The molecule has 0 bridgehead atoms. The van der Waals surface area contributed by atoms with E-state index < -0.39 is 11.9 Å². The zero-order valence-corrected chi connectivity index (χ0v) is 17.4. The molecule has 4 rings (SSSR count). The van der Waals surface area contributed by atoms with Crippen LogP contribution in [0.25, 0.3) is 10.9 Å². The summed E-state index contributed by atoms with van der Waals surface area (Å²) in [5.74, 6) is -0.239. The first-order valence-corrected chi connectivity index (χ1v) is 10.3. The average Bonchev–Trinajstić information content (AvgIpc) is 2.83. The summed E-state index contributed by atoms with van der Waals surface area (Å²) < 4.78 is 5.80. The molecule has 2 amide bonds. The molecular weight excluding hydrogens is 402 g/mol. The Morgan fingerprint density at radius 3 is 2.34 bits per heavy atom. The molecule has 1 heterocycles. The lowest BCUT2D eigenvalue weighted by atomic mass is 10.0. The van der Waals surface area contributed by atoms with Gasteiger partial charge in [0.2, 0.25) is 5.91 Å². The minimum Gasteiger partial charge on any atom is -0.489 e. The zero-order valence-electron chi connectivity index (χ0n) is 17.4. The molecule has 3 aromatic carbocycles. The highest BCUT2D eigenvalue weighted by Gasteiger charge is 2.21. The van der Waals surface area contributed by atoms with Gasteiger partial charge in [-0.1, -0.05) is 60.7 Å². The number of nitrogens with one attached hydrogen (secondary N) is 1. The van der Waals surface area contributed by atoms with Crippen LogP contribution in [-0.2, 0) is 17.8 Å². The summed E-state index contributed by atoms with van der Waals surface area (Å²) in [6.07, 6.45) is 1.85. The number of hydrogen-bond acceptors (Lipinski definition) is 4. The number of hydrogen-bond donors (Lipinski definition) is 2. The Kier molecular flexibility index (Phi) is 6.41. The summed E-state index contributed by atoms with van der Waals surface area (Å²) in [6, 6.07) is 25.5. The van der Waals surface area contributed by atoms with Crippen molar-refractivity contribution in [2.24, 2.45) is 5.73 Å². The lowest BCUT2D eigenvalue weighted by Crippen LogP contribution is -2.45. The molecule has 4 aromatic rings. The van der Waals surface area contributed by atoms with Gasteiger partial charge in [0.1, 0.15) is 18.4 Å². The van der Waals surface area contributed by atoms with Crippen molar-refractivity contribution in [1.82, 2.24) is 10.3 Å². The van der Waals surface area contributed by atoms with Crippen molar-refractivity contribution in [1.29, 1.82) is 0 Å². The van der Waals surface area contributed by atoms with Gasteiger partial charge in [0.15, 0.2) is 0 Å². The molecule has 0 aliphatic heterocycles. The van der Waals surface area contributed by atoms with Crippen LogP contribution in [0.4, 0.5) is 0 Å². The maximum atomic E-state index is 12.9. The van der Waals surface area contributed by atoms with Gasteiger partial charge < -0.3 is 15.8 Å². The van der Waals surface area contributed by atoms with Crippen molar-refractivity contribution in [3.63, 3.8) is 0 Å². The van der Waals surface area contributed by atoms with Gasteiger partial charge >= 0.3 is 0 Å². The summed E-state index contributed by atoms with van der Waals surface area (Å²) in [6.45, 7) is 0.472. The van der Waals surface area contributed by atoms with Crippen LogP contribution < -0.4 is 15.8 Å². The van der Waals surface area contributed by atoms with E-state index in [1.54, 1.807) is 12.3 Å². The van der Waals surface area contributed by atoms with Gasteiger partial charge in [-0.15, -0.1) is 0 Å². The number of rotatable bonds is 8. The minimum absolute atomic E-state index is 0.281. The van der Waals surface area contributed by atoms with Crippen LogP contribution in [0.2, 0.25) is 0 Å². The lowest BCUT2D eigenvalue weighted by molar-refractivity contribution is -0.119. The van der Waals surface area contributed by atoms with Gasteiger partial charge in [0.25, 0.3) is 5.91 Å². The van der Waals surface area contributed by atoms with Crippen molar-refractivity contribution < 1.29 is 14.3 Å². The molecule has 0 saturated carbocycles. The number of carbonyl (C=O) groups is 2. The van der Waals surface area contributed by atoms with Gasteiger partial charge in [0, 0.05) is 18.0 Å². The van der Waals surface area contributed by atoms with Gasteiger partial charge in [-0.25, -0.2) is 0 Å². The second-order valence-electron chi connectivity index (χ2n) is 7.43. The van der Waals surface area contributed by atoms with Crippen molar-refractivity contribution >= 4 is 22.7 Å². The van der Waals surface area contributed by atoms with E-state index in [-0.39, 0.29) is 12.3 Å². The van der Waals surface area contributed by atoms with Crippen LogP contribution in [0.5, 0.6) is 5.75 Å². The second kappa shape index (κ2) is 9.75. The van der Waals surface area contributed by atoms with Crippen LogP contribution in [-0.4, -0.2) is 22.8 Å². The number of amides is 2. The van der Waals surface area contributed by atoms with E-state index in [0.717, 1.165) is 22.3 Å². The number of carbonyl (C=O) groups excluding carboxylic acids is 2. The Hall–Kier alpha value is -4.19. The first kappa shape index (κ1) is 21.1. The Morgan fingerprint density at radius 1 is 0.875 bits per heavy atom. The Bertz CT molecular complexity index is 1220. The van der Waals surface area contributed by atoms with E-state index in [2.05, 4.69) is 10.3 Å². The third-order valence-electron chi connectivity index (χ3n) is 5.15. The monoisotopic (exact) mass is 425 g/mol. The normalized spacial score (nSPS) is 11.6. The fourth-order valence-corrected chi connectivity index (χ4v) is 3.45. The van der Waals surface area contributed by atoms with Crippen LogP contribution >= 0.6 is 0 Å². The summed E-state index contributed by atoms with van der Waals surface area (Å²) in [5.41, 5.74) is 8.68. The summed E-state index contributed by atoms with van der Waals surface area (Å²) in [7, 11) is 0. The molecule has 0 radical (unpaired) electrons. The quantitative estimate of drug-likeness (QED) is 0.451. The molecular formula is C26H23N3O3. The number of ether oxygens (including phenoxy) is 1. The number of primary amides is 1. The first-order valence-electron chi connectivity index (χ1n) is 10.3. The van der Waals surface area contributed by atoms with Crippen molar-refractivity contribution in [3.8, 4) is 5.75 Å². The Morgan fingerprint density at radius 2 is 1.59 bits per heavy atom. The van der Waals surface area contributed by atoms with E-state index in [1.807, 2.05) is 78.9 Å². The maximum Gasteiger partial charge on any atom is 0.252 e. The Labute approximate surface area is 186 Å². The highest BCUT2D eigenvalue weighted by atomic mass is 16.5. The molecule has 32 heavy (non-hydrogen) atoms. The third-order valence-corrected chi connectivity index (χ3v) is 5.15. The third kappa shape index (κ3) is 5.10. The summed E-state index contributed by atoms with van der Waals surface area (Å²) >= 11 is 0. The van der Waals surface area contributed by atoms with Crippen LogP contribution in [0, 0.1) is 0 Å². The van der Waals surface area contributed by atoms with Crippen molar-refractivity contribution in [3.05, 3.63) is 108 Å². The number of aromatic nitrogens is 1. The smallest absolute Gasteiger partial charge is 0.252 e. The van der Waals surface area contributed by atoms with Gasteiger partial charge in [-0.05, 0) is 35.4 Å².